The van der Waals surface area contributed by atoms with Crippen LogP contribution in [0.15, 0.2) is 18.2 Å². The zero-order valence-electron chi connectivity index (χ0n) is 13.5. The van der Waals surface area contributed by atoms with E-state index < -0.39 is 0 Å². The number of halogens is 4. The van der Waals surface area contributed by atoms with E-state index in [1.807, 2.05) is 6.07 Å². The van der Waals surface area contributed by atoms with Crippen LogP contribution in [0.2, 0.25) is 5.02 Å². The minimum absolute atomic E-state index is 0. The van der Waals surface area contributed by atoms with Crippen LogP contribution in [0, 0.1) is 11.7 Å². The fourth-order valence-corrected chi connectivity index (χ4v) is 3.21. The quantitative estimate of drug-likeness (QED) is 0.828. The lowest BCUT2D eigenvalue weighted by atomic mass is 9.91. The summed E-state index contributed by atoms with van der Waals surface area (Å²) in [7, 11) is 0. The molecular formula is C16H26Cl3FN2. The molecule has 1 aromatic rings. The topological polar surface area (TPSA) is 15.3 Å². The predicted molar refractivity (Wildman–Crippen MR) is 97.1 cm³/mol. The summed E-state index contributed by atoms with van der Waals surface area (Å²) in [4.78, 5) is 2.48. The molecule has 1 aliphatic heterocycles. The smallest absolute Gasteiger partial charge is 0.142 e. The molecule has 22 heavy (non-hydrogen) atoms. The van der Waals surface area contributed by atoms with Gasteiger partial charge in [0.05, 0.1) is 5.02 Å². The van der Waals surface area contributed by atoms with Crippen LogP contribution >= 0.6 is 36.4 Å². The Kier molecular flexibility index (Phi) is 9.26. The third kappa shape index (κ3) is 4.97. The van der Waals surface area contributed by atoms with Gasteiger partial charge in [-0.3, -0.25) is 4.90 Å². The van der Waals surface area contributed by atoms with Crippen LogP contribution in [-0.4, -0.2) is 30.1 Å². The minimum atomic E-state index is -0.328. The molecule has 3 atom stereocenters. The molecule has 6 heteroatoms. The van der Waals surface area contributed by atoms with Crippen molar-refractivity contribution in [1.82, 2.24) is 10.2 Å². The van der Waals surface area contributed by atoms with Gasteiger partial charge in [0.15, 0.2) is 0 Å². The molecule has 1 aliphatic rings. The van der Waals surface area contributed by atoms with Crippen molar-refractivity contribution in [2.45, 2.75) is 45.8 Å². The number of rotatable bonds is 3. The zero-order chi connectivity index (χ0) is 14.9. The van der Waals surface area contributed by atoms with Crippen molar-refractivity contribution in [2.75, 3.05) is 13.1 Å². The first kappa shape index (κ1) is 21.9. The Morgan fingerprint density at radius 2 is 1.91 bits per heavy atom. The Bertz CT molecular complexity index is 471. The average molecular weight is 372 g/mol. The van der Waals surface area contributed by atoms with E-state index in [0.29, 0.717) is 18.0 Å². The van der Waals surface area contributed by atoms with Gasteiger partial charge < -0.3 is 5.32 Å². The molecule has 2 nitrogen and oxygen atoms in total. The molecule has 0 aliphatic carbocycles. The third-order valence-corrected chi connectivity index (χ3v) is 4.39. The highest BCUT2D eigenvalue weighted by atomic mass is 35.5. The highest BCUT2D eigenvalue weighted by molar-refractivity contribution is 6.30. The average Bonchev–Trinajstić information content (AvgIpc) is 2.38. The van der Waals surface area contributed by atoms with Gasteiger partial charge in [0.1, 0.15) is 5.82 Å². The van der Waals surface area contributed by atoms with E-state index in [9.17, 15) is 4.39 Å². The van der Waals surface area contributed by atoms with E-state index in [2.05, 4.69) is 37.9 Å². The fraction of sp³-hybridized carbons (Fsp3) is 0.625. The van der Waals surface area contributed by atoms with E-state index in [0.717, 1.165) is 18.7 Å². The van der Waals surface area contributed by atoms with Gasteiger partial charge in [-0.1, -0.05) is 31.5 Å². The first-order valence-electron chi connectivity index (χ1n) is 7.34. The van der Waals surface area contributed by atoms with Crippen LogP contribution in [0.4, 0.5) is 4.39 Å². The Morgan fingerprint density at radius 3 is 2.45 bits per heavy atom. The number of piperazine rings is 1. The molecule has 1 N–H and O–H groups in total. The first-order chi connectivity index (χ1) is 9.40. The Hall–Kier alpha value is -0.0600. The predicted octanol–water partition coefficient (Wildman–Crippen LogP) is 4.70. The van der Waals surface area contributed by atoms with Crippen LogP contribution in [0.25, 0.3) is 0 Å². The second-order valence-corrected chi connectivity index (χ2v) is 6.62. The zero-order valence-corrected chi connectivity index (χ0v) is 15.9. The summed E-state index contributed by atoms with van der Waals surface area (Å²) >= 11 is 5.80. The molecule has 1 fully saturated rings. The molecule has 128 valence electrons. The Morgan fingerprint density at radius 1 is 1.27 bits per heavy atom. The van der Waals surface area contributed by atoms with Gasteiger partial charge in [-0.2, -0.15) is 0 Å². The molecule has 0 bridgehead atoms. The van der Waals surface area contributed by atoms with Crippen LogP contribution in [0.3, 0.4) is 0 Å². The molecule has 0 amide bonds. The lowest BCUT2D eigenvalue weighted by Crippen LogP contribution is -2.56. The molecule has 2 rings (SSSR count). The van der Waals surface area contributed by atoms with Crippen molar-refractivity contribution in [3.05, 3.63) is 34.6 Å². The number of nitrogens with zero attached hydrogens (tertiary/aromatic N) is 1. The van der Waals surface area contributed by atoms with Crippen molar-refractivity contribution >= 4 is 36.4 Å². The molecule has 0 radical (unpaired) electrons. The summed E-state index contributed by atoms with van der Waals surface area (Å²) in [5.74, 6) is 0.0916. The van der Waals surface area contributed by atoms with Gasteiger partial charge >= 0.3 is 0 Å². The summed E-state index contributed by atoms with van der Waals surface area (Å²) in [6.07, 6.45) is 0. The van der Waals surface area contributed by atoms with E-state index >= 15 is 0 Å². The van der Waals surface area contributed by atoms with Gasteiger partial charge in [0, 0.05) is 31.2 Å². The molecule has 0 spiro atoms. The Labute approximate surface area is 150 Å². The number of hydrogen-bond acceptors (Lipinski definition) is 2. The van der Waals surface area contributed by atoms with Gasteiger partial charge in [-0.05, 0) is 37.5 Å². The summed E-state index contributed by atoms with van der Waals surface area (Å²) in [5.41, 5.74) is 1.02. The third-order valence-electron chi connectivity index (χ3n) is 4.09. The van der Waals surface area contributed by atoms with Crippen LogP contribution in [0.1, 0.15) is 39.3 Å². The Balaban J connectivity index is 0.00000220. The molecule has 1 heterocycles. The highest BCUT2D eigenvalue weighted by Gasteiger charge is 2.31. The monoisotopic (exact) mass is 370 g/mol. The highest BCUT2D eigenvalue weighted by Crippen LogP contribution is 2.33. The minimum Gasteiger partial charge on any atom is -0.311 e. The van der Waals surface area contributed by atoms with E-state index in [1.54, 1.807) is 12.1 Å². The molecule has 1 unspecified atom stereocenters. The van der Waals surface area contributed by atoms with Crippen LogP contribution in [0.5, 0.6) is 0 Å². The molecule has 0 aromatic heterocycles. The largest absolute Gasteiger partial charge is 0.311 e. The number of hydrogen-bond donors (Lipinski definition) is 1. The van der Waals surface area contributed by atoms with E-state index in [4.69, 9.17) is 11.6 Å². The summed E-state index contributed by atoms with van der Waals surface area (Å²) in [6.45, 7) is 10.8. The SMILES string of the molecule is CC(C)C(c1ccc(Cl)c(F)c1)N1C[C@H](C)NC[C@H]1C.Cl.Cl. The van der Waals surface area contributed by atoms with E-state index in [1.165, 1.54) is 0 Å². The standard InChI is InChI=1S/C16H24ClFN2.2ClH/c1-10(2)16(13-5-6-14(17)15(18)7-13)20-9-11(3)19-8-12(20)4;;/h5-7,10-12,16,19H,8-9H2,1-4H3;2*1H/t11-,12+,16?;;/m0../s1. The van der Waals surface area contributed by atoms with Gasteiger partial charge in [0.25, 0.3) is 0 Å². The normalized spacial score (nSPS) is 23.6. The van der Waals surface area contributed by atoms with Crippen molar-refractivity contribution in [2.24, 2.45) is 5.92 Å². The lowest BCUT2D eigenvalue weighted by Gasteiger charge is -2.44. The summed E-state index contributed by atoms with van der Waals surface area (Å²) in [5, 5.41) is 3.68. The maximum Gasteiger partial charge on any atom is 0.142 e. The van der Waals surface area contributed by atoms with Gasteiger partial charge in [-0.25, -0.2) is 4.39 Å². The second-order valence-electron chi connectivity index (χ2n) is 6.22. The molecule has 1 aromatic carbocycles. The molecule has 1 saturated heterocycles. The van der Waals surface area contributed by atoms with Gasteiger partial charge in [0.2, 0.25) is 0 Å². The van der Waals surface area contributed by atoms with Gasteiger partial charge in [-0.15, -0.1) is 24.8 Å². The lowest BCUT2D eigenvalue weighted by molar-refractivity contribution is 0.0696. The number of benzene rings is 1. The van der Waals surface area contributed by atoms with Crippen molar-refractivity contribution < 1.29 is 4.39 Å². The van der Waals surface area contributed by atoms with Crippen molar-refractivity contribution in [3.8, 4) is 0 Å². The molecular weight excluding hydrogens is 346 g/mol. The maximum atomic E-state index is 13.8. The van der Waals surface area contributed by atoms with Crippen LogP contribution in [-0.2, 0) is 0 Å². The summed E-state index contributed by atoms with van der Waals surface area (Å²) < 4.78 is 13.8. The molecule has 0 saturated carbocycles. The van der Waals surface area contributed by atoms with Crippen molar-refractivity contribution in [3.63, 3.8) is 0 Å². The van der Waals surface area contributed by atoms with Crippen molar-refractivity contribution in [1.29, 1.82) is 0 Å². The van der Waals surface area contributed by atoms with Crippen LogP contribution < -0.4 is 5.32 Å². The fourth-order valence-electron chi connectivity index (χ4n) is 3.09. The first-order valence-corrected chi connectivity index (χ1v) is 7.72. The van der Waals surface area contributed by atoms with E-state index in [-0.39, 0.29) is 41.7 Å². The maximum absolute atomic E-state index is 13.8. The summed E-state index contributed by atoms with van der Waals surface area (Å²) in [6, 6.07) is 6.34. The second kappa shape index (κ2) is 9.29. The number of nitrogens with one attached hydrogen (secondary N) is 1.